The summed E-state index contributed by atoms with van der Waals surface area (Å²) in [4.78, 5) is 16.7. The molecule has 28 heavy (non-hydrogen) atoms. The van der Waals surface area contributed by atoms with Gasteiger partial charge in [-0.2, -0.15) is 0 Å². The molecule has 4 saturated carbocycles. The van der Waals surface area contributed by atoms with Gasteiger partial charge in [0.25, 0.3) is 0 Å². The number of cyclic esters (lactones) is 1. The van der Waals surface area contributed by atoms with E-state index in [4.69, 9.17) is 17.0 Å². The lowest BCUT2D eigenvalue weighted by atomic mass is 9.53. The van der Waals surface area contributed by atoms with E-state index in [0.29, 0.717) is 18.6 Å². The van der Waals surface area contributed by atoms with Crippen LogP contribution < -0.4 is 5.32 Å². The number of carbonyl (C=O) groups is 1. The van der Waals surface area contributed by atoms with Gasteiger partial charge in [-0.1, -0.05) is 13.8 Å². The number of nitrogens with one attached hydrogen (secondary N) is 1. The van der Waals surface area contributed by atoms with Gasteiger partial charge in [-0.25, -0.2) is 4.79 Å². The van der Waals surface area contributed by atoms with Gasteiger partial charge in [0.05, 0.1) is 6.04 Å². The average molecular weight is 406 g/mol. The molecule has 6 heteroatoms. The quantitative estimate of drug-likeness (QED) is 0.724. The van der Waals surface area contributed by atoms with Gasteiger partial charge < -0.3 is 15.0 Å². The van der Waals surface area contributed by atoms with Gasteiger partial charge in [0.1, 0.15) is 6.61 Å². The lowest BCUT2D eigenvalue weighted by Crippen LogP contribution is -2.62. The van der Waals surface area contributed by atoms with E-state index in [-0.39, 0.29) is 17.7 Å². The molecule has 1 amide bonds. The van der Waals surface area contributed by atoms with Crippen LogP contribution in [0.3, 0.4) is 0 Å². The largest absolute Gasteiger partial charge is 0.447 e. The van der Waals surface area contributed by atoms with Crippen molar-refractivity contribution in [2.75, 3.05) is 19.7 Å². The maximum atomic E-state index is 12.3. The number of nitrogens with zero attached hydrogens (tertiary/aromatic N) is 2. The fraction of sp³-hybridized carbons (Fsp3) is 0.909. The van der Waals surface area contributed by atoms with Gasteiger partial charge in [0.2, 0.25) is 0 Å². The minimum absolute atomic E-state index is 0.119. The standard InChI is InChI=1S/C22H35N3O2S/c1-14(2)19-13-27-21(26)25(19)18-3-5-24(6-4-18)20(28)23-22-10-15-7-16(11-22)9-17(8-15)12-22/h14-19H,3-13H2,1-2H3,(H,23,28). The molecule has 0 aromatic rings. The molecule has 2 heterocycles. The summed E-state index contributed by atoms with van der Waals surface area (Å²) < 4.78 is 5.36. The number of hydrogen-bond acceptors (Lipinski definition) is 3. The first-order valence-electron chi connectivity index (χ1n) is 11.4. The molecule has 0 aromatic heterocycles. The molecule has 0 aromatic carbocycles. The third-order valence-corrected chi connectivity index (χ3v) is 8.63. The van der Waals surface area contributed by atoms with Crippen molar-refractivity contribution in [3.63, 3.8) is 0 Å². The molecule has 5 nitrogen and oxygen atoms in total. The number of ether oxygens (including phenoxy) is 1. The first-order valence-corrected chi connectivity index (χ1v) is 11.9. The molecule has 1 atom stereocenters. The van der Waals surface area contributed by atoms with Crippen LogP contribution in [0.1, 0.15) is 65.2 Å². The number of thiocarbonyl (C=S) groups is 1. The van der Waals surface area contributed by atoms with E-state index >= 15 is 0 Å². The zero-order valence-electron chi connectivity index (χ0n) is 17.4. The Morgan fingerprint density at radius 1 is 1.11 bits per heavy atom. The van der Waals surface area contributed by atoms with Gasteiger partial charge in [-0.05, 0) is 87.3 Å². The fourth-order valence-corrected chi connectivity index (χ4v) is 7.70. The average Bonchev–Trinajstić information content (AvgIpc) is 3.02. The Hall–Kier alpha value is -1.04. The Morgan fingerprint density at radius 3 is 2.21 bits per heavy atom. The number of carbonyl (C=O) groups excluding carboxylic acids is 1. The summed E-state index contributed by atoms with van der Waals surface area (Å²) in [5.74, 6) is 3.23. The highest BCUT2D eigenvalue weighted by atomic mass is 32.1. The summed E-state index contributed by atoms with van der Waals surface area (Å²) in [5.41, 5.74) is 0.282. The smallest absolute Gasteiger partial charge is 0.410 e. The highest BCUT2D eigenvalue weighted by molar-refractivity contribution is 7.80. The third kappa shape index (κ3) is 3.29. The van der Waals surface area contributed by atoms with E-state index in [2.05, 4.69) is 24.1 Å². The Kier molecular flexibility index (Phi) is 4.76. The maximum Gasteiger partial charge on any atom is 0.410 e. The molecule has 6 fully saturated rings. The Labute approximate surface area is 174 Å². The van der Waals surface area contributed by atoms with Crippen LogP contribution in [-0.2, 0) is 4.74 Å². The minimum Gasteiger partial charge on any atom is -0.447 e. The van der Waals surface area contributed by atoms with Gasteiger partial charge in [-0.3, -0.25) is 4.90 Å². The first kappa shape index (κ1) is 19.0. The molecule has 4 bridgehead atoms. The number of amides is 1. The number of piperidine rings is 1. The molecule has 4 aliphatic carbocycles. The molecule has 0 spiro atoms. The van der Waals surface area contributed by atoms with Crippen molar-refractivity contribution >= 4 is 23.4 Å². The Balaban J connectivity index is 1.18. The van der Waals surface area contributed by atoms with Crippen LogP contribution in [0.5, 0.6) is 0 Å². The molecule has 0 radical (unpaired) electrons. The number of rotatable bonds is 3. The van der Waals surface area contributed by atoms with E-state index in [1.807, 2.05) is 4.90 Å². The summed E-state index contributed by atoms with van der Waals surface area (Å²) in [6, 6.07) is 0.516. The van der Waals surface area contributed by atoms with Gasteiger partial charge >= 0.3 is 6.09 Å². The Bertz CT molecular complexity index is 608. The summed E-state index contributed by atoms with van der Waals surface area (Å²) >= 11 is 5.88. The summed E-state index contributed by atoms with van der Waals surface area (Å²) in [6.45, 7) is 6.79. The normalized spacial score (nSPS) is 40.3. The van der Waals surface area contributed by atoms with Crippen molar-refractivity contribution in [2.45, 2.75) is 82.8 Å². The number of hydrogen-bond donors (Lipinski definition) is 1. The van der Waals surface area contributed by atoms with Gasteiger partial charge in [-0.15, -0.1) is 0 Å². The van der Waals surface area contributed by atoms with Gasteiger partial charge in [0.15, 0.2) is 5.11 Å². The molecule has 6 aliphatic rings. The lowest BCUT2D eigenvalue weighted by molar-refractivity contribution is -0.0115. The SMILES string of the molecule is CC(C)C1COC(=O)N1C1CCN(C(=S)NC23CC4CC(CC(C4)C2)C3)CC1. The zero-order valence-corrected chi connectivity index (χ0v) is 18.2. The van der Waals surface area contributed by atoms with Crippen molar-refractivity contribution < 1.29 is 9.53 Å². The fourth-order valence-electron chi connectivity index (χ4n) is 7.30. The maximum absolute atomic E-state index is 12.3. The van der Waals surface area contributed by atoms with Crippen LogP contribution in [-0.4, -0.2) is 58.3 Å². The lowest BCUT2D eigenvalue weighted by Gasteiger charge is -2.57. The van der Waals surface area contributed by atoms with E-state index < -0.39 is 0 Å². The van der Waals surface area contributed by atoms with Crippen molar-refractivity contribution in [3.05, 3.63) is 0 Å². The van der Waals surface area contributed by atoms with Gasteiger partial charge in [0, 0.05) is 24.7 Å². The molecule has 2 aliphatic heterocycles. The second-order valence-corrected chi connectivity index (χ2v) is 11.0. The predicted octanol–water partition coefficient (Wildman–Crippen LogP) is 3.77. The molecular formula is C22H35N3O2S. The molecule has 1 unspecified atom stereocenters. The van der Waals surface area contributed by atoms with Crippen LogP contribution in [0.4, 0.5) is 4.79 Å². The van der Waals surface area contributed by atoms with E-state index in [1.165, 1.54) is 38.5 Å². The van der Waals surface area contributed by atoms with Crippen molar-refractivity contribution in [3.8, 4) is 0 Å². The van der Waals surface area contributed by atoms with Crippen molar-refractivity contribution in [2.24, 2.45) is 23.7 Å². The molecule has 1 N–H and O–H groups in total. The second-order valence-electron chi connectivity index (χ2n) is 10.6. The van der Waals surface area contributed by atoms with Crippen molar-refractivity contribution in [1.29, 1.82) is 0 Å². The molecular weight excluding hydrogens is 370 g/mol. The predicted molar refractivity (Wildman–Crippen MR) is 113 cm³/mol. The van der Waals surface area contributed by atoms with E-state index in [9.17, 15) is 4.79 Å². The van der Waals surface area contributed by atoms with E-state index in [1.54, 1.807) is 0 Å². The third-order valence-electron chi connectivity index (χ3n) is 8.27. The monoisotopic (exact) mass is 405 g/mol. The van der Waals surface area contributed by atoms with Crippen LogP contribution in [0.25, 0.3) is 0 Å². The first-order chi connectivity index (χ1) is 13.4. The van der Waals surface area contributed by atoms with Crippen LogP contribution in [0, 0.1) is 23.7 Å². The zero-order chi connectivity index (χ0) is 19.5. The summed E-state index contributed by atoms with van der Waals surface area (Å²) in [7, 11) is 0. The Morgan fingerprint density at radius 2 is 1.68 bits per heavy atom. The molecule has 6 rings (SSSR count). The van der Waals surface area contributed by atoms with Crippen LogP contribution >= 0.6 is 12.2 Å². The van der Waals surface area contributed by atoms with Crippen LogP contribution in [0.15, 0.2) is 0 Å². The second kappa shape index (κ2) is 7.03. The summed E-state index contributed by atoms with van der Waals surface area (Å²) in [6.07, 6.45) is 10.2. The highest BCUT2D eigenvalue weighted by Gasteiger charge is 2.51. The van der Waals surface area contributed by atoms with Crippen molar-refractivity contribution in [1.82, 2.24) is 15.1 Å². The molecule has 156 valence electrons. The number of likely N-dealkylation sites (tertiary alicyclic amines) is 1. The minimum atomic E-state index is -0.119. The molecule has 2 saturated heterocycles. The van der Waals surface area contributed by atoms with E-state index in [0.717, 1.165) is 48.8 Å². The van der Waals surface area contributed by atoms with Crippen LogP contribution in [0.2, 0.25) is 0 Å². The topological polar surface area (TPSA) is 44.8 Å². The highest BCUT2D eigenvalue weighted by Crippen LogP contribution is 2.55. The summed E-state index contributed by atoms with van der Waals surface area (Å²) in [5, 5.41) is 4.83.